The molecule has 2 N–H and O–H groups in total. The fourth-order valence-corrected chi connectivity index (χ4v) is 2.30. The number of nitrogens with zero attached hydrogens (tertiary/aromatic N) is 5. The van der Waals surface area contributed by atoms with Gasteiger partial charge in [-0.15, -0.1) is 5.10 Å². The zero-order chi connectivity index (χ0) is 13.5. The van der Waals surface area contributed by atoms with Crippen molar-refractivity contribution in [2.45, 2.75) is 0 Å². The van der Waals surface area contributed by atoms with Gasteiger partial charge in [-0.05, 0) is 34.2 Å². The molecule has 0 amide bonds. The Morgan fingerprint density at radius 2 is 1.80 bits per heavy atom. The molecule has 0 saturated heterocycles. The van der Waals surface area contributed by atoms with Gasteiger partial charge in [0.25, 0.3) is 0 Å². The van der Waals surface area contributed by atoms with Gasteiger partial charge in [-0.3, -0.25) is 0 Å². The summed E-state index contributed by atoms with van der Waals surface area (Å²) in [5.74, 6) is 0.446. The van der Waals surface area contributed by atoms with E-state index in [2.05, 4.69) is 20.5 Å². The molecule has 6 heteroatoms. The number of hydrogen-bond donors (Lipinski definition) is 1. The van der Waals surface area contributed by atoms with Crippen molar-refractivity contribution in [1.29, 1.82) is 0 Å². The maximum absolute atomic E-state index is 5.74. The van der Waals surface area contributed by atoms with E-state index in [1.54, 1.807) is 10.6 Å². The first kappa shape index (κ1) is 10.9. The van der Waals surface area contributed by atoms with Gasteiger partial charge in [0.15, 0.2) is 11.3 Å². The minimum absolute atomic E-state index is 0.446. The molecule has 1 aromatic carbocycles. The van der Waals surface area contributed by atoms with Crippen molar-refractivity contribution in [3.63, 3.8) is 0 Å². The van der Waals surface area contributed by atoms with E-state index in [0.717, 1.165) is 16.5 Å². The van der Waals surface area contributed by atoms with Gasteiger partial charge in [-0.25, -0.2) is 4.98 Å². The van der Waals surface area contributed by atoms with E-state index in [-0.39, 0.29) is 0 Å². The molecule has 6 nitrogen and oxygen atoms in total. The number of benzene rings is 1. The minimum Gasteiger partial charge on any atom is -0.384 e. The van der Waals surface area contributed by atoms with Crippen molar-refractivity contribution < 1.29 is 0 Å². The average Bonchev–Trinajstić information content (AvgIpc) is 2.97. The summed E-state index contributed by atoms with van der Waals surface area (Å²) in [5, 5.41) is 12.8. The van der Waals surface area contributed by atoms with Gasteiger partial charge in [0.1, 0.15) is 5.82 Å². The maximum atomic E-state index is 5.74. The Kier molecular flexibility index (Phi) is 2.17. The highest BCUT2D eigenvalue weighted by atomic mass is 15.5. The van der Waals surface area contributed by atoms with E-state index >= 15 is 0 Å². The molecule has 0 fully saturated rings. The van der Waals surface area contributed by atoms with Gasteiger partial charge in [0.2, 0.25) is 0 Å². The van der Waals surface area contributed by atoms with Crippen LogP contribution in [0.2, 0.25) is 0 Å². The molecule has 3 heterocycles. The molecular weight excluding hydrogens is 252 g/mol. The fraction of sp³-hybridized carbons (Fsp3) is 0. The lowest BCUT2D eigenvalue weighted by molar-refractivity contribution is 0.836. The summed E-state index contributed by atoms with van der Waals surface area (Å²) in [5.41, 5.74) is 9.09. The smallest absolute Gasteiger partial charge is 0.189 e. The molecule has 0 aliphatic carbocycles. The first-order valence-electron chi connectivity index (χ1n) is 6.16. The Hall–Kier alpha value is -3.02. The Bertz CT molecular complexity index is 913. The van der Waals surface area contributed by atoms with Gasteiger partial charge in [0, 0.05) is 10.9 Å². The van der Waals surface area contributed by atoms with Crippen molar-refractivity contribution in [1.82, 2.24) is 25.0 Å². The number of anilines is 1. The van der Waals surface area contributed by atoms with E-state index in [1.165, 1.54) is 0 Å². The lowest BCUT2D eigenvalue weighted by Crippen LogP contribution is -1.98. The van der Waals surface area contributed by atoms with Crippen LogP contribution in [0.4, 0.5) is 5.82 Å². The van der Waals surface area contributed by atoms with Crippen LogP contribution in [-0.2, 0) is 0 Å². The monoisotopic (exact) mass is 262 g/mol. The van der Waals surface area contributed by atoms with Crippen LogP contribution >= 0.6 is 0 Å². The van der Waals surface area contributed by atoms with Gasteiger partial charge in [-0.1, -0.05) is 30.3 Å². The average molecular weight is 262 g/mol. The van der Waals surface area contributed by atoms with Crippen LogP contribution in [0.3, 0.4) is 0 Å². The molecule has 96 valence electrons. The summed E-state index contributed by atoms with van der Waals surface area (Å²) in [6.45, 7) is 0. The van der Waals surface area contributed by atoms with Crippen molar-refractivity contribution in [3.05, 3.63) is 48.5 Å². The SMILES string of the molecule is Nc1ccc2cc(-c3ccccc3)c3nnnn3c2n1. The number of tetrazole rings is 1. The number of fused-ring (bicyclic) bond motifs is 3. The lowest BCUT2D eigenvalue weighted by Gasteiger charge is -2.06. The molecule has 20 heavy (non-hydrogen) atoms. The first-order chi connectivity index (χ1) is 9.83. The maximum Gasteiger partial charge on any atom is 0.189 e. The largest absolute Gasteiger partial charge is 0.384 e. The molecule has 0 saturated carbocycles. The number of rotatable bonds is 1. The summed E-state index contributed by atoms with van der Waals surface area (Å²) in [4.78, 5) is 4.31. The Balaban J connectivity index is 2.15. The quantitative estimate of drug-likeness (QED) is 0.566. The third-order valence-corrected chi connectivity index (χ3v) is 3.22. The molecule has 0 unspecified atom stereocenters. The van der Waals surface area contributed by atoms with Crippen LogP contribution in [0.25, 0.3) is 27.8 Å². The Morgan fingerprint density at radius 1 is 0.950 bits per heavy atom. The molecule has 0 aliphatic heterocycles. The van der Waals surface area contributed by atoms with Crippen molar-refractivity contribution in [2.24, 2.45) is 0 Å². The lowest BCUT2D eigenvalue weighted by atomic mass is 10.1. The van der Waals surface area contributed by atoms with E-state index in [1.807, 2.05) is 42.5 Å². The van der Waals surface area contributed by atoms with E-state index in [0.29, 0.717) is 17.1 Å². The molecule has 0 bridgehead atoms. The van der Waals surface area contributed by atoms with Crippen LogP contribution in [0.5, 0.6) is 0 Å². The molecule has 3 aromatic heterocycles. The number of hydrogen-bond acceptors (Lipinski definition) is 5. The second-order valence-corrected chi connectivity index (χ2v) is 4.49. The molecule has 4 aromatic rings. The summed E-state index contributed by atoms with van der Waals surface area (Å²) in [7, 11) is 0. The third kappa shape index (κ3) is 1.51. The summed E-state index contributed by atoms with van der Waals surface area (Å²) in [6.07, 6.45) is 0. The molecule has 0 radical (unpaired) electrons. The van der Waals surface area contributed by atoms with Crippen LogP contribution in [0.1, 0.15) is 0 Å². The predicted molar refractivity (Wildman–Crippen MR) is 75.9 cm³/mol. The first-order valence-corrected chi connectivity index (χ1v) is 6.16. The third-order valence-electron chi connectivity index (χ3n) is 3.22. The standard InChI is InChI=1S/C14H10N6/c15-12-7-6-10-8-11(9-4-2-1-3-5-9)14-17-18-19-20(14)13(10)16-12/h1-8H,(H2,15,16). The zero-order valence-electron chi connectivity index (χ0n) is 10.4. The van der Waals surface area contributed by atoms with Gasteiger partial charge >= 0.3 is 0 Å². The second-order valence-electron chi connectivity index (χ2n) is 4.49. The summed E-state index contributed by atoms with van der Waals surface area (Å²) in [6, 6.07) is 15.7. The Labute approximate surface area is 113 Å². The molecule has 0 aliphatic rings. The fourth-order valence-electron chi connectivity index (χ4n) is 2.30. The number of aromatic nitrogens is 5. The highest BCUT2D eigenvalue weighted by Gasteiger charge is 2.12. The molecule has 4 rings (SSSR count). The number of nitrogen functional groups attached to an aromatic ring is 1. The van der Waals surface area contributed by atoms with Gasteiger partial charge in [-0.2, -0.15) is 4.52 Å². The number of pyridine rings is 2. The molecular formula is C14H10N6. The van der Waals surface area contributed by atoms with Crippen LogP contribution in [-0.4, -0.2) is 25.0 Å². The Morgan fingerprint density at radius 3 is 2.65 bits per heavy atom. The minimum atomic E-state index is 0.446. The predicted octanol–water partition coefficient (Wildman–Crippen LogP) is 1.92. The summed E-state index contributed by atoms with van der Waals surface area (Å²) >= 11 is 0. The van der Waals surface area contributed by atoms with E-state index in [4.69, 9.17) is 5.73 Å². The normalized spacial score (nSPS) is 11.2. The van der Waals surface area contributed by atoms with E-state index in [9.17, 15) is 0 Å². The second kappa shape index (κ2) is 3.99. The van der Waals surface area contributed by atoms with Crippen molar-refractivity contribution >= 4 is 22.5 Å². The molecule has 0 atom stereocenters. The zero-order valence-corrected chi connectivity index (χ0v) is 10.4. The summed E-state index contributed by atoms with van der Waals surface area (Å²) < 4.78 is 1.62. The van der Waals surface area contributed by atoms with Crippen LogP contribution < -0.4 is 5.73 Å². The van der Waals surface area contributed by atoms with Gasteiger partial charge in [0.05, 0.1) is 0 Å². The van der Waals surface area contributed by atoms with Crippen LogP contribution in [0.15, 0.2) is 48.5 Å². The highest BCUT2D eigenvalue weighted by Crippen LogP contribution is 2.27. The van der Waals surface area contributed by atoms with Crippen molar-refractivity contribution in [3.8, 4) is 11.1 Å². The van der Waals surface area contributed by atoms with Crippen LogP contribution in [0, 0.1) is 0 Å². The topological polar surface area (TPSA) is 82.0 Å². The van der Waals surface area contributed by atoms with Crippen molar-refractivity contribution in [2.75, 3.05) is 5.73 Å². The van der Waals surface area contributed by atoms with E-state index < -0.39 is 0 Å². The molecule has 0 spiro atoms. The van der Waals surface area contributed by atoms with Gasteiger partial charge < -0.3 is 5.73 Å². The number of nitrogens with two attached hydrogens (primary N) is 1. The highest BCUT2D eigenvalue weighted by molar-refractivity contribution is 5.89.